The van der Waals surface area contributed by atoms with E-state index in [9.17, 15) is 4.79 Å². The molecule has 1 aliphatic heterocycles. The third-order valence-corrected chi connectivity index (χ3v) is 4.36. The molecule has 3 rings (SSSR count). The van der Waals surface area contributed by atoms with E-state index in [1.165, 1.54) is 19.5 Å². The number of nitrogens with zero attached hydrogens (tertiary/aromatic N) is 3. The molecule has 2 heterocycles. The Morgan fingerprint density at radius 1 is 1.25 bits per heavy atom. The van der Waals surface area contributed by atoms with Crippen molar-refractivity contribution in [3.8, 4) is 5.88 Å². The number of anilines is 1. The van der Waals surface area contributed by atoms with Gasteiger partial charge in [0.15, 0.2) is 0 Å². The normalized spacial score (nSPS) is 15.2. The first-order valence-electron chi connectivity index (χ1n) is 7.83. The highest BCUT2D eigenvalue weighted by Crippen LogP contribution is 2.22. The molecule has 1 amide bonds. The Bertz CT molecular complexity index is 700. The smallest absolute Gasteiger partial charge is 0.270 e. The molecule has 1 fully saturated rings. The van der Waals surface area contributed by atoms with E-state index in [0.29, 0.717) is 11.6 Å². The number of carbonyl (C=O) groups excluding carboxylic acids is 1. The number of hydrogen-bond acceptors (Lipinski definition) is 5. The Morgan fingerprint density at radius 2 is 1.96 bits per heavy atom. The zero-order valence-corrected chi connectivity index (χ0v) is 14.2. The quantitative estimate of drug-likeness (QED) is 0.921. The summed E-state index contributed by atoms with van der Waals surface area (Å²) >= 11 is 5.93. The molecule has 1 aromatic heterocycles. The summed E-state index contributed by atoms with van der Waals surface area (Å²) in [4.78, 5) is 22.5. The molecule has 1 saturated heterocycles. The van der Waals surface area contributed by atoms with Crippen molar-refractivity contribution in [2.45, 2.75) is 18.9 Å². The lowest BCUT2D eigenvalue weighted by atomic mass is 10.0. The summed E-state index contributed by atoms with van der Waals surface area (Å²) in [6, 6.07) is 9.52. The second-order valence-electron chi connectivity index (χ2n) is 5.66. The van der Waals surface area contributed by atoms with Crippen LogP contribution >= 0.6 is 11.6 Å². The summed E-state index contributed by atoms with van der Waals surface area (Å²) in [5.74, 6) is 0.188. The van der Waals surface area contributed by atoms with Crippen LogP contribution in [0.5, 0.6) is 5.88 Å². The molecule has 0 radical (unpaired) electrons. The fourth-order valence-electron chi connectivity index (χ4n) is 2.77. The third kappa shape index (κ3) is 3.94. The minimum atomic E-state index is -0.194. The lowest BCUT2D eigenvalue weighted by Gasteiger charge is -2.34. The summed E-state index contributed by atoms with van der Waals surface area (Å²) in [7, 11) is 1.51. The molecular weight excluding hydrogens is 328 g/mol. The van der Waals surface area contributed by atoms with Crippen LogP contribution in [0.3, 0.4) is 0 Å². The average molecular weight is 347 g/mol. The summed E-state index contributed by atoms with van der Waals surface area (Å²) in [5.41, 5.74) is 1.48. The van der Waals surface area contributed by atoms with Crippen molar-refractivity contribution in [2.24, 2.45) is 0 Å². The Kier molecular flexibility index (Phi) is 5.15. The van der Waals surface area contributed by atoms with E-state index in [0.717, 1.165) is 36.6 Å². The van der Waals surface area contributed by atoms with Gasteiger partial charge in [0, 0.05) is 35.9 Å². The molecule has 1 aromatic carbocycles. The van der Waals surface area contributed by atoms with Crippen LogP contribution in [-0.4, -0.2) is 42.1 Å². The fourth-order valence-corrected chi connectivity index (χ4v) is 2.89. The molecule has 7 heteroatoms. The van der Waals surface area contributed by atoms with Crippen LogP contribution in [0.15, 0.2) is 36.7 Å². The van der Waals surface area contributed by atoms with Crippen molar-refractivity contribution in [3.05, 3.63) is 47.4 Å². The molecule has 0 aliphatic carbocycles. The van der Waals surface area contributed by atoms with Crippen LogP contribution in [0.25, 0.3) is 0 Å². The van der Waals surface area contributed by atoms with E-state index in [4.69, 9.17) is 16.3 Å². The maximum absolute atomic E-state index is 12.3. The maximum atomic E-state index is 12.3. The molecular formula is C17H19ClN4O2. The number of methoxy groups -OCH3 is 1. The first kappa shape index (κ1) is 16.5. The second-order valence-corrected chi connectivity index (χ2v) is 6.09. The Balaban J connectivity index is 1.55. The maximum Gasteiger partial charge on any atom is 0.270 e. The lowest BCUT2D eigenvalue weighted by molar-refractivity contribution is 0.0925. The number of benzene rings is 1. The van der Waals surface area contributed by atoms with Gasteiger partial charge in [-0.1, -0.05) is 11.6 Å². The zero-order chi connectivity index (χ0) is 16.9. The van der Waals surface area contributed by atoms with E-state index in [1.807, 2.05) is 24.3 Å². The van der Waals surface area contributed by atoms with Gasteiger partial charge in [0.2, 0.25) is 5.88 Å². The number of amides is 1. The Labute approximate surface area is 145 Å². The SMILES string of the molecule is COc1cc(C(=O)NC2CCN(c3ccc(Cl)cc3)CC2)ncn1. The van der Waals surface area contributed by atoms with Crippen molar-refractivity contribution in [3.63, 3.8) is 0 Å². The topological polar surface area (TPSA) is 67.3 Å². The molecule has 0 bridgehead atoms. The Hall–Kier alpha value is -2.34. The van der Waals surface area contributed by atoms with Gasteiger partial charge < -0.3 is 15.0 Å². The van der Waals surface area contributed by atoms with Crippen LogP contribution in [0, 0.1) is 0 Å². The summed E-state index contributed by atoms with van der Waals surface area (Å²) in [5, 5.41) is 3.77. The number of rotatable bonds is 4. The monoisotopic (exact) mass is 346 g/mol. The fraction of sp³-hybridized carbons (Fsp3) is 0.353. The van der Waals surface area contributed by atoms with E-state index < -0.39 is 0 Å². The number of nitrogens with one attached hydrogen (secondary N) is 1. The van der Waals surface area contributed by atoms with Crippen molar-refractivity contribution in [1.82, 2.24) is 15.3 Å². The van der Waals surface area contributed by atoms with Gasteiger partial charge in [0.25, 0.3) is 5.91 Å². The van der Waals surface area contributed by atoms with Crippen LogP contribution in [-0.2, 0) is 0 Å². The van der Waals surface area contributed by atoms with Gasteiger partial charge in [-0.25, -0.2) is 9.97 Å². The molecule has 2 aromatic rings. The van der Waals surface area contributed by atoms with Gasteiger partial charge in [-0.05, 0) is 37.1 Å². The van der Waals surface area contributed by atoms with E-state index in [1.54, 1.807) is 0 Å². The predicted octanol–water partition coefficient (Wildman–Crippen LogP) is 2.54. The molecule has 126 valence electrons. The van der Waals surface area contributed by atoms with E-state index >= 15 is 0 Å². The van der Waals surface area contributed by atoms with Crippen molar-refractivity contribution in [2.75, 3.05) is 25.1 Å². The molecule has 0 unspecified atom stereocenters. The van der Waals surface area contributed by atoms with Crippen LogP contribution in [0.4, 0.5) is 5.69 Å². The van der Waals surface area contributed by atoms with Gasteiger partial charge in [0.05, 0.1) is 7.11 Å². The van der Waals surface area contributed by atoms with Gasteiger partial charge in [-0.15, -0.1) is 0 Å². The van der Waals surface area contributed by atoms with E-state index in [2.05, 4.69) is 20.2 Å². The molecule has 0 saturated carbocycles. The summed E-state index contributed by atoms with van der Waals surface area (Å²) in [6.45, 7) is 1.78. The highest BCUT2D eigenvalue weighted by Gasteiger charge is 2.22. The molecule has 24 heavy (non-hydrogen) atoms. The minimum absolute atomic E-state index is 0.141. The highest BCUT2D eigenvalue weighted by molar-refractivity contribution is 6.30. The van der Waals surface area contributed by atoms with Crippen molar-refractivity contribution < 1.29 is 9.53 Å². The number of carbonyl (C=O) groups is 1. The molecule has 0 spiro atoms. The number of hydrogen-bond donors (Lipinski definition) is 1. The Morgan fingerprint density at radius 3 is 2.62 bits per heavy atom. The zero-order valence-electron chi connectivity index (χ0n) is 13.4. The standard InChI is InChI=1S/C17H19ClN4O2/c1-24-16-10-15(19-11-20-16)17(23)21-13-6-8-22(9-7-13)14-4-2-12(18)3-5-14/h2-5,10-11,13H,6-9H2,1H3,(H,21,23). The third-order valence-electron chi connectivity index (χ3n) is 4.11. The number of ether oxygens (including phenoxy) is 1. The van der Waals surface area contributed by atoms with Gasteiger partial charge >= 0.3 is 0 Å². The molecule has 0 atom stereocenters. The number of aromatic nitrogens is 2. The predicted molar refractivity (Wildman–Crippen MR) is 92.7 cm³/mol. The second kappa shape index (κ2) is 7.49. The van der Waals surface area contributed by atoms with Crippen molar-refractivity contribution >= 4 is 23.2 Å². The molecule has 6 nitrogen and oxygen atoms in total. The summed E-state index contributed by atoms with van der Waals surface area (Å²) < 4.78 is 5.02. The van der Waals surface area contributed by atoms with Crippen LogP contribution in [0.1, 0.15) is 23.3 Å². The largest absolute Gasteiger partial charge is 0.481 e. The van der Waals surface area contributed by atoms with E-state index in [-0.39, 0.29) is 11.9 Å². The number of piperidine rings is 1. The first-order chi connectivity index (χ1) is 11.7. The van der Waals surface area contributed by atoms with Gasteiger partial charge in [-0.2, -0.15) is 0 Å². The van der Waals surface area contributed by atoms with Gasteiger partial charge in [-0.3, -0.25) is 4.79 Å². The minimum Gasteiger partial charge on any atom is -0.481 e. The average Bonchev–Trinajstić information content (AvgIpc) is 2.63. The van der Waals surface area contributed by atoms with Gasteiger partial charge in [0.1, 0.15) is 12.0 Å². The van der Waals surface area contributed by atoms with Crippen LogP contribution in [0.2, 0.25) is 5.02 Å². The first-order valence-corrected chi connectivity index (χ1v) is 8.21. The van der Waals surface area contributed by atoms with Crippen LogP contribution < -0.4 is 15.0 Å². The van der Waals surface area contributed by atoms with Crippen molar-refractivity contribution in [1.29, 1.82) is 0 Å². The number of halogens is 1. The highest BCUT2D eigenvalue weighted by atomic mass is 35.5. The molecule has 1 N–H and O–H groups in total. The lowest BCUT2D eigenvalue weighted by Crippen LogP contribution is -2.44. The summed E-state index contributed by atoms with van der Waals surface area (Å²) in [6.07, 6.45) is 3.10. The molecule has 1 aliphatic rings.